The zero-order chi connectivity index (χ0) is 19.0. The predicted octanol–water partition coefficient (Wildman–Crippen LogP) is 5.83. The molecule has 0 saturated heterocycles. The maximum absolute atomic E-state index is 6.40. The van der Waals surface area contributed by atoms with Crippen LogP contribution in [-0.4, -0.2) is 23.5 Å². The Morgan fingerprint density at radius 2 is 1.59 bits per heavy atom. The van der Waals surface area contributed by atoms with E-state index >= 15 is 0 Å². The second-order valence-electron chi connectivity index (χ2n) is 7.41. The first kappa shape index (κ1) is 17.8. The molecule has 138 valence electrons. The number of hydrogen-bond acceptors (Lipinski definition) is 2. The fourth-order valence-corrected chi connectivity index (χ4v) is 4.32. The quantitative estimate of drug-likeness (QED) is 0.683. The maximum Gasteiger partial charge on any atom is 0.135 e. The lowest BCUT2D eigenvalue weighted by molar-refractivity contribution is 0.189. The molecule has 2 aromatic rings. The Labute approximate surface area is 162 Å². The first-order chi connectivity index (χ1) is 13.1. The van der Waals surface area contributed by atoms with Gasteiger partial charge >= 0.3 is 0 Å². The van der Waals surface area contributed by atoms with Crippen LogP contribution in [0.3, 0.4) is 0 Å². The van der Waals surface area contributed by atoms with Crippen molar-refractivity contribution in [2.75, 3.05) is 13.1 Å². The number of para-hydroxylation sites is 1. The van der Waals surface area contributed by atoms with Crippen LogP contribution in [0, 0.1) is 0 Å². The second kappa shape index (κ2) is 6.86. The van der Waals surface area contributed by atoms with Crippen LogP contribution >= 0.6 is 0 Å². The van der Waals surface area contributed by atoms with Crippen molar-refractivity contribution in [2.24, 2.45) is 0 Å². The van der Waals surface area contributed by atoms with Crippen molar-refractivity contribution in [3.05, 3.63) is 94.8 Å². The minimum Gasteiger partial charge on any atom is -0.456 e. The third-order valence-electron chi connectivity index (χ3n) is 5.97. The molecule has 4 rings (SSSR count). The second-order valence-corrected chi connectivity index (χ2v) is 7.41. The molecule has 0 N–H and O–H groups in total. The molecule has 0 spiro atoms. The van der Waals surface area contributed by atoms with Crippen LogP contribution in [0.5, 0.6) is 5.75 Å². The molecule has 2 nitrogen and oxygen atoms in total. The lowest BCUT2D eigenvalue weighted by atomic mass is 9.79. The Morgan fingerprint density at radius 1 is 0.926 bits per heavy atom. The van der Waals surface area contributed by atoms with Gasteiger partial charge in [-0.3, -0.25) is 4.90 Å². The van der Waals surface area contributed by atoms with E-state index in [2.05, 4.69) is 93.3 Å². The number of hydrogen-bond donors (Lipinski definition) is 0. The molecule has 0 amide bonds. The molecule has 0 aromatic heterocycles. The third kappa shape index (κ3) is 2.85. The van der Waals surface area contributed by atoms with Crippen LogP contribution in [0.25, 0.3) is 5.57 Å². The van der Waals surface area contributed by atoms with E-state index in [-0.39, 0.29) is 5.54 Å². The van der Waals surface area contributed by atoms with Crippen LogP contribution in [0.15, 0.2) is 83.7 Å². The van der Waals surface area contributed by atoms with Gasteiger partial charge in [0.25, 0.3) is 0 Å². The van der Waals surface area contributed by atoms with Gasteiger partial charge in [0.15, 0.2) is 0 Å². The molecular formula is C25H27NO. The van der Waals surface area contributed by atoms with Gasteiger partial charge < -0.3 is 4.74 Å². The van der Waals surface area contributed by atoms with Crippen molar-refractivity contribution in [1.82, 2.24) is 4.90 Å². The van der Waals surface area contributed by atoms with Crippen LogP contribution in [0.2, 0.25) is 0 Å². The van der Waals surface area contributed by atoms with E-state index in [4.69, 9.17) is 4.74 Å². The molecule has 1 atom stereocenters. The van der Waals surface area contributed by atoms with Crippen LogP contribution in [-0.2, 0) is 0 Å². The van der Waals surface area contributed by atoms with Crippen molar-refractivity contribution in [3.63, 3.8) is 0 Å². The van der Waals surface area contributed by atoms with Crippen molar-refractivity contribution >= 4 is 5.57 Å². The van der Waals surface area contributed by atoms with Crippen molar-refractivity contribution < 1.29 is 4.74 Å². The van der Waals surface area contributed by atoms with E-state index in [0.717, 1.165) is 30.2 Å². The van der Waals surface area contributed by atoms with Gasteiger partial charge in [0, 0.05) is 16.7 Å². The Bertz CT molecular complexity index is 947. The Kier molecular flexibility index (Phi) is 4.53. The van der Waals surface area contributed by atoms with Gasteiger partial charge in [-0.05, 0) is 56.3 Å². The molecule has 1 heterocycles. The van der Waals surface area contributed by atoms with E-state index in [0.29, 0.717) is 0 Å². The zero-order valence-corrected chi connectivity index (χ0v) is 16.6. The van der Waals surface area contributed by atoms with E-state index in [1.807, 2.05) is 6.07 Å². The average molecular weight is 357 g/mol. The average Bonchev–Trinajstić information content (AvgIpc) is 2.69. The smallest absolute Gasteiger partial charge is 0.135 e. The highest BCUT2D eigenvalue weighted by atomic mass is 16.5. The number of nitrogens with zero attached hydrogens (tertiary/aromatic N) is 1. The lowest BCUT2D eigenvalue weighted by Crippen LogP contribution is -2.47. The summed E-state index contributed by atoms with van der Waals surface area (Å²) in [5.41, 5.74) is 6.04. The molecule has 0 fully saturated rings. The summed E-state index contributed by atoms with van der Waals surface area (Å²) >= 11 is 0. The summed E-state index contributed by atoms with van der Waals surface area (Å²) in [5, 5.41) is 0. The standard InChI is InChI=1S/C25H27NO/c1-5-26(6-2)25(4)17-23-21(16-18(25)3)24(19-12-8-7-9-13-19)20-14-10-11-15-22(20)27-23/h7-17H,5-6H2,1-4H3. The van der Waals surface area contributed by atoms with Gasteiger partial charge in [-0.25, -0.2) is 0 Å². The van der Waals surface area contributed by atoms with Gasteiger partial charge in [-0.15, -0.1) is 0 Å². The SMILES string of the molecule is CCN(CC)C1(C)C=C2Oc3ccccc3C(c3ccccc3)=C2C=C1C. The normalized spacial score (nSPS) is 21.2. The highest BCUT2D eigenvalue weighted by Crippen LogP contribution is 2.46. The predicted molar refractivity (Wildman–Crippen MR) is 113 cm³/mol. The summed E-state index contributed by atoms with van der Waals surface area (Å²) < 4.78 is 6.40. The van der Waals surface area contributed by atoms with Crippen LogP contribution in [0.1, 0.15) is 38.8 Å². The molecule has 1 aliphatic carbocycles. The monoisotopic (exact) mass is 357 g/mol. The summed E-state index contributed by atoms with van der Waals surface area (Å²) in [5.74, 6) is 1.90. The first-order valence-electron chi connectivity index (χ1n) is 9.82. The number of allylic oxidation sites excluding steroid dienone is 1. The highest BCUT2D eigenvalue weighted by molar-refractivity contribution is 5.90. The summed E-state index contributed by atoms with van der Waals surface area (Å²) in [6.45, 7) is 11.0. The number of ether oxygens (including phenoxy) is 1. The molecule has 1 unspecified atom stereocenters. The maximum atomic E-state index is 6.40. The molecule has 0 bridgehead atoms. The first-order valence-corrected chi connectivity index (χ1v) is 9.82. The Hall–Kier alpha value is -2.58. The largest absolute Gasteiger partial charge is 0.456 e. The van der Waals surface area contributed by atoms with E-state index in [1.54, 1.807) is 0 Å². The molecular weight excluding hydrogens is 330 g/mol. The lowest BCUT2D eigenvalue weighted by Gasteiger charge is -2.42. The minimum atomic E-state index is -0.129. The van der Waals surface area contributed by atoms with Crippen LogP contribution < -0.4 is 4.74 Å². The molecule has 2 aliphatic rings. The van der Waals surface area contributed by atoms with Gasteiger partial charge in [-0.1, -0.05) is 62.4 Å². The van der Waals surface area contributed by atoms with Gasteiger partial charge in [-0.2, -0.15) is 0 Å². The summed E-state index contributed by atoms with van der Waals surface area (Å²) in [6, 6.07) is 19.0. The van der Waals surface area contributed by atoms with Gasteiger partial charge in [0.2, 0.25) is 0 Å². The fraction of sp³-hybridized carbons (Fsp3) is 0.280. The summed E-state index contributed by atoms with van der Waals surface area (Å²) in [7, 11) is 0. The molecule has 2 heteroatoms. The number of fused-ring (bicyclic) bond motifs is 2. The molecule has 1 aliphatic heterocycles. The zero-order valence-electron chi connectivity index (χ0n) is 16.6. The number of likely N-dealkylation sites (N-methyl/N-ethyl adjacent to an activating group) is 1. The van der Waals surface area contributed by atoms with E-state index in [1.165, 1.54) is 22.3 Å². The molecule has 0 radical (unpaired) electrons. The highest BCUT2D eigenvalue weighted by Gasteiger charge is 2.37. The van der Waals surface area contributed by atoms with Crippen molar-refractivity contribution in [1.29, 1.82) is 0 Å². The summed E-state index contributed by atoms with van der Waals surface area (Å²) in [6.07, 6.45) is 4.63. The fourth-order valence-electron chi connectivity index (χ4n) is 4.32. The minimum absolute atomic E-state index is 0.129. The summed E-state index contributed by atoms with van der Waals surface area (Å²) in [4.78, 5) is 2.48. The Morgan fingerprint density at radius 3 is 2.30 bits per heavy atom. The third-order valence-corrected chi connectivity index (χ3v) is 5.97. The van der Waals surface area contributed by atoms with Gasteiger partial charge in [0.05, 0.1) is 5.54 Å². The molecule has 27 heavy (non-hydrogen) atoms. The van der Waals surface area contributed by atoms with Crippen molar-refractivity contribution in [3.8, 4) is 5.75 Å². The molecule has 2 aromatic carbocycles. The van der Waals surface area contributed by atoms with Crippen LogP contribution in [0.4, 0.5) is 0 Å². The van der Waals surface area contributed by atoms with Crippen molar-refractivity contribution in [2.45, 2.75) is 33.2 Å². The number of rotatable bonds is 4. The topological polar surface area (TPSA) is 12.5 Å². The van der Waals surface area contributed by atoms with E-state index < -0.39 is 0 Å². The van der Waals surface area contributed by atoms with E-state index in [9.17, 15) is 0 Å². The number of benzene rings is 2. The van der Waals surface area contributed by atoms with Gasteiger partial charge in [0.1, 0.15) is 11.5 Å². The Balaban J connectivity index is 1.97. The molecule has 0 saturated carbocycles.